The zero-order valence-corrected chi connectivity index (χ0v) is 11.3. The van der Waals surface area contributed by atoms with Gasteiger partial charge in [-0.2, -0.15) is 0 Å². The van der Waals surface area contributed by atoms with Gasteiger partial charge in [0.05, 0.1) is 11.6 Å². The molecular formula is C14H20N4O. The summed E-state index contributed by atoms with van der Waals surface area (Å²) in [5, 5.41) is 3.03. The number of aromatic amines is 1. The molecule has 1 aliphatic rings. The second-order valence-corrected chi connectivity index (χ2v) is 5.03. The van der Waals surface area contributed by atoms with Crippen LogP contribution in [0.15, 0.2) is 12.1 Å². The molecule has 0 radical (unpaired) electrons. The van der Waals surface area contributed by atoms with Gasteiger partial charge >= 0.3 is 0 Å². The summed E-state index contributed by atoms with van der Waals surface area (Å²) < 4.78 is 5.74. The van der Waals surface area contributed by atoms with Crippen LogP contribution in [0.25, 0.3) is 11.2 Å². The summed E-state index contributed by atoms with van der Waals surface area (Å²) in [6, 6.07) is 3.97. The summed E-state index contributed by atoms with van der Waals surface area (Å²) in [6.45, 7) is 0.915. The summed E-state index contributed by atoms with van der Waals surface area (Å²) in [6.07, 6.45) is 6.05. The molecule has 3 heterocycles. The fourth-order valence-corrected chi connectivity index (χ4v) is 2.53. The van der Waals surface area contributed by atoms with Crippen LogP contribution in [0.5, 0.6) is 0 Å². The van der Waals surface area contributed by atoms with E-state index in [-0.39, 0.29) is 0 Å². The number of aryl methyl sites for hydroxylation is 1. The standard InChI is InChI=1S/C14H20N4O/c1-15-12-8-6-11-14(17-12)18-13(16-11)7-5-10-4-2-3-9-19-10/h6,8,10H,2-5,7,9H2,1H3,(H2,15,16,17,18). The van der Waals surface area contributed by atoms with Gasteiger partial charge in [-0.05, 0) is 37.8 Å². The number of H-pyrrole nitrogens is 1. The van der Waals surface area contributed by atoms with Gasteiger partial charge in [-0.25, -0.2) is 9.97 Å². The maximum absolute atomic E-state index is 5.74. The van der Waals surface area contributed by atoms with Crippen LogP contribution in [0.2, 0.25) is 0 Å². The highest BCUT2D eigenvalue weighted by molar-refractivity contribution is 5.72. The molecule has 1 atom stereocenters. The minimum Gasteiger partial charge on any atom is -0.378 e. The number of nitrogens with zero attached hydrogens (tertiary/aromatic N) is 2. The van der Waals surface area contributed by atoms with Crippen molar-refractivity contribution in [1.29, 1.82) is 0 Å². The van der Waals surface area contributed by atoms with Crippen molar-refractivity contribution in [2.45, 2.75) is 38.2 Å². The molecule has 1 fully saturated rings. The number of anilines is 1. The Morgan fingerprint density at radius 2 is 2.32 bits per heavy atom. The molecule has 1 aliphatic heterocycles. The molecule has 0 aliphatic carbocycles. The quantitative estimate of drug-likeness (QED) is 0.886. The first-order chi connectivity index (χ1) is 9.35. The van der Waals surface area contributed by atoms with Crippen LogP contribution in [-0.4, -0.2) is 34.7 Å². The van der Waals surface area contributed by atoms with Gasteiger partial charge in [0.1, 0.15) is 11.6 Å². The SMILES string of the molecule is CNc1ccc2[nH]c(CCC3CCCCO3)nc2n1. The molecule has 2 aromatic rings. The highest BCUT2D eigenvalue weighted by atomic mass is 16.5. The summed E-state index contributed by atoms with van der Waals surface area (Å²) in [5.74, 6) is 1.85. The zero-order chi connectivity index (χ0) is 13.1. The lowest BCUT2D eigenvalue weighted by Gasteiger charge is -2.21. The van der Waals surface area contributed by atoms with Gasteiger partial charge < -0.3 is 15.0 Å². The fourth-order valence-electron chi connectivity index (χ4n) is 2.53. The molecule has 0 spiro atoms. The maximum atomic E-state index is 5.74. The Hall–Kier alpha value is -1.62. The molecule has 1 unspecified atom stereocenters. The van der Waals surface area contributed by atoms with E-state index < -0.39 is 0 Å². The average Bonchev–Trinajstić information content (AvgIpc) is 2.88. The first kappa shape index (κ1) is 12.4. The average molecular weight is 260 g/mol. The van der Waals surface area contributed by atoms with Gasteiger partial charge in [0.2, 0.25) is 0 Å². The second-order valence-electron chi connectivity index (χ2n) is 5.03. The summed E-state index contributed by atoms with van der Waals surface area (Å²) in [4.78, 5) is 12.3. The molecule has 19 heavy (non-hydrogen) atoms. The number of rotatable bonds is 4. The number of hydrogen-bond acceptors (Lipinski definition) is 4. The first-order valence-electron chi connectivity index (χ1n) is 7.00. The van der Waals surface area contributed by atoms with E-state index in [1.54, 1.807) is 0 Å². The molecule has 5 nitrogen and oxygen atoms in total. The van der Waals surface area contributed by atoms with E-state index in [1.807, 2.05) is 19.2 Å². The van der Waals surface area contributed by atoms with Crippen LogP contribution >= 0.6 is 0 Å². The zero-order valence-electron chi connectivity index (χ0n) is 11.3. The van der Waals surface area contributed by atoms with Crippen molar-refractivity contribution in [3.8, 4) is 0 Å². The van der Waals surface area contributed by atoms with E-state index in [2.05, 4.69) is 20.3 Å². The Labute approximate surface area is 112 Å². The van der Waals surface area contributed by atoms with E-state index in [9.17, 15) is 0 Å². The van der Waals surface area contributed by atoms with Gasteiger partial charge in [0.25, 0.3) is 0 Å². The van der Waals surface area contributed by atoms with Crippen molar-refractivity contribution in [2.75, 3.05) is 19.0 Å². The molecule has 0 saturated carbocycles. The van der Waals surface area contributed by atoms with E-state index in [0.29, 0.717) is 6.10 Å². The van der Waals surface area contributed by atoms with Crippen LogP contribution < -0.4 is 5.32 Å². The van der Waals surface area contributed by atoms with Gasteiger partial charge in [-0.1, -0.05) is 0 Å². The number of fused-ring (bicyclic) bond motifs is 1. The van der Waals surface area contributed by atoms with E-state index in [1.165, 1.54) is 19.3 Å². The monoisotopic (exact) mass is 260 g/mol. The molecule has 2 aromatic heterocycles. The third-order valence-electron chi connectivity index (χ3n) is 3.63. The maximum Gasteiger partial charge on any atom is 0.179 e. The predicted octanol–water partition coefficient (Wildman–Crippen LogP) is 2.50. The molecule has 2 N–H and O–H groups in total. The van der Waals surface area contributed by atoms with Crippen LogP contribution in [0.4, 0.5) is 5.82 Å². The third kappa shape index (κ3) is 2.87. The largest absolute Gasteiger partial charge is 0.378 e. The highest BCUT2D eigenvalue weighted by Crippen LogP contribution is 2.18. The summed E-state index contributed by atoms with van der Waals surface area (Å²) in [5.41, 5.74) is 1.78. The smallest absolute Gasteiger partial charge is 0.179 e. The van der Waals surface area contributed by atoms with E-state index in [4.69, 9.17) is 4.74 Å². The highest BCUT2D eigenvalue weighted by Gasteiger charge is 2.14. The van der Waals surface area contributed by atoms with Gasteiger partial charge in [0.15, 0.2) is 5.65 Å². The molecule has 1 saturated heterocycles. The lowest BCUT2D eigenvalue weighted by Crippen LogP contribution is -2.19. The number of hydrogen-bond donors (Lipinski definition) is 2. The number of aromatic nitrogens is 3. The van der Waals surface area contributed by atoms with E-state index >= 15 is 0 Å². The molecular weight excluding hydrogens is 240 g/mol. The molecule has 5 heteroatoms. The van der Waals surface area contributed by atoms with Crippen molar-refractivity contribution in [3.63, 3.8) is 0 Å². The van der Waals surface area contributed by atoms with Gasteiger partial charge in [-0.15, -0.1) is 0 Å². The minimum absolute atomic E-state index is 0.405. The second kappa shape index (κ2) is 5.57. The van der Waals surface area contributed by atoms with Crippen LogP contribution in [0.1, 0.15) is 31.5 Å². The third-order valence-corrected chi connectivity index (χ3v) is 3.63. The van der Waals surface area contributed by atoms with Crippen molar-refractivity contribution >= 4 is 17.0 Å². The Morgan fingerprint density at radius 3 is 3.11 bits per heavy atom. The number of ether oxygens (including phenoxy) is 1. The number of nitrogens with one attached hydrogen (secondary N) is 2. The van der Waals surface area contributed by atoms with Crippen molar-refractivity contribution in [1.82, 2.24) is 15.0 Å². The van der Waals surface area contributed by atoms with Gasteiger partial charge in [-0.3, -0.25) is 0 Å². The number of imidazole rings is 1. The van der Waals surface area contributed by atoms with Crippen LogP contribution in [0, 0.1) is 0 Å². The predicted molar refractivity (Wildman–Crippen MR) is 75.3 cm³/mol. The minimum atomic E-state index is 0.405. The van der Waals surface area contributed by atoms with E-state index in [0.717, 1.165) is 42.3 Å². The first-order valence-corrected chi connectivity index (χ1v) is 7.00. The van der Waals surface area contributed by atoms with Crippen molar-refractivity contribution in [3.05, 3.63) is 18.0 Å². The van der Waals surface area contributed by atoms with Crippen molar-refractivity contribution in [2.24, 2.45) is 0 Å². The summed E-state index contributed by atoms with van der Waals surface area (Å²) in [7, 11) is 1.86. The van der Waals surface area contributed by atoms with Gasteiger partial charge in [0, 0.05) is 20.1 Å². The lowest BCUT2D eigenvalue weighted by atomic mass is 10.0. The van der Waals surface area contributed by atoms with Crippen LogP contribution in [0.3, 0.4) is 0 Å². The molecule has 0 bridgehead atoms. The lowest BCUT2D eigenvalue weighted by molar-refractivity contribution is 0.0112. The topological polar surface area (TPSA) is 62.8 Å². The Bertz CT molecular complexity index is 545. The fraction of sp³-hybridized carbons (Fsp3) is 0.571. The molecule has 102 valence electrons. The van der Waals surface area contributed by atoms with Crippen LogP contribution in [-0.2, 0) is 11.2 Å². The van der Waals surface area contributed by atoms with Crippen molar-refractivity contribution < 1.29 is 4.74 Å². The molecule has 3 rings (SSSR count). The Balaban J connectivity index is 1.67. The normalized spacial score (nSPS) is 19.7. The summed E-state index contributed by atoms with van der Waals surface area (Å²) >= 11 is 0. The molecule has 0 amide bonds. The molecule has 0 aromatic carbocycles. The Kier molecular flexibility index (Phi) is 3.64. The number of pyridine rings is 1. The Morgan fingerprint density at radius 1 is 1.37 bits per heavy atom.